The van der Waals surface area contributed by atoms with Crippen molar-refractivity contribution in [2.45, 2.75) is 45.1 Å². The van der Waals surface area contributed by atoms with Crippen LogP contribution < -0.4 is 5.48 Å². The average molecular weight is 240 g/mol. The summed E-state index contributed by atoms with van der Waals surface area (Å²) in [6.45, 7) is 2.81. The van der Waals surface area contributed by atoms with Crippen LogP contribution in [0.2, 0.25) is 0 Å². The SMILES string of the molecule is CCONC(=O)C1CC(=O)N(C2CCCC2)C1. The molecule has 2 fully saturated rings. The van der Waals surface area contributed by atoms with Crippen LogP contribution in [0.25, 0.3) is 0 Å². The molecule has 96 valence electrons. The Hall–Kier alpha value is -1.10. The van der Waals surface area contributed by atoms with E-state index in [0.717, 1.165) is 12.8 Å². The number of carbonyl (C=O) groups is 2. The number of nitrogens with zero attached hydrogens (tertiary/aromatic N) is 1. The molecule has 2 aliphatic rings. The molecule has 5 nitrogen and oxygen atoms in total. The van der Waals surface area contributed by atoms with Crippen LogP contribution in [0.4, 0.5) is 0 Å². The van der Waals surface area contributed by atoms with Crippen LogP contribution >= 0.6 is 0 Å². The van der Waals surface area contributed by atoms with Gasteiger partial charge < -0.3 is 4.90 Å². The Kier molecular flexibility index (Phi) is 3.99. The van der Waals surface area contributed by atoms with Gasteiger partial charge in [0.1, 0.15) is 0 Å². The van der Waals surface area contributed by atoms with Crippen LogP contribution in [0.3, 0.4) is 0 Å². The highest BCUT2D eigenvalue weighted by atomic mass is 16.6. The van der Waals surface area contributed by atoms with Gasteiger partial charge in [-0.2, -0.15) is 0 Å². The van der Waals surface area contributed by atoms with Crippen molar-refractivity contribution < 1.29 is 14.4 Å². The Morgan fingerprint density at radius 2 is 2.18 bits per heavy atom. The molecule has 1 saturated carbocycles. The van der Waals surface area contributed by atoms with Gasteiger partial charge in [0, 0.05) is 19.0 Å². The van der Waals surface area contributed by atoms with Gasteiger partial charge in [-0.3, -0.25) is 14.4 Å². The van der Waals surface area contributed by atoms with Gasteiger partial charge in [-0.05, 0) is 19.8 Å². The van der Waals surface area contributed by atoms with Crippen molar-refractivity contribution in [2.75, 3.05) is 13.2 Å². The fourth-order valence-corrected chi connectivity index (χ4v) is 2.70. The Labute approximate surface area is 101 Å². The van der Waals surface area contributed by atoms with Gasteiger partial charge >= 0.3 is 0 Å². The maximum atomic E-state index is 11.9. The lowest BCUT2D eigenvalue weighted by Crippen LogP contribution is -2.37. The molecule has 1 aliphatic heterocycles. The van der Waals surface area contributed by atoms with Gasteiger partial charge in [0.15, 0.2) is 0 Å². The van der Waals surface area contributed by atoms with Gasteiger partial charge in [0.2, 0.25) is 11.8 Å². The maximum absolute atomic E-state index is 11.9. The number of hydroxylamine groups is 1. The van der Waals surface area contributed by atoms with Crippen LogP contribution in [0.15, 0.2) is 0 Å². The molecule has 1 atom stereocenters. The number of carbonyl (C=O) groups excluding carboxylic acids is 2. The molecule has 1 saturated heterocycles. The van der Waals surface area contributed by atoms with E-state index in [0.29, 0.717) is 25.6 Å². The van der Waals surface area contributed by atoms with Gasteiger partial charge in [-0.1, -0.05) is 12.8 Å². The Morgan fingerprint density at radius 3 is 2.82 bits per heavy atom. The maximum Gasteiger partial charge on any atom is 0.248 e. The average Bonchev–Trinajstić information content (AvgIpc) is 2.94. The molecule has 1 unspecified atom stereocenters. The van der Waals surface area contributed by atoms with Gasteiger partial charge in [0.05, 0.1) is 12.5 Å². The molecule has 2 rings (SSSR count). The van der Waals surface area contributed by atoms with Crippen molar-refractivity contribution in [3.05, 3.63) is 0 Å². The minimum atomic E-state index is -0.241. The van der Waals surface area contributed by atoms with Crippen molar-refractivity contribution in [3.8, 4) is 0 Å². The molecule has 17 heavy (non-hydrogen) atoms. The summed E-state index contributed by atoms with van der Waals surface area (Å²) >= 11 is 0. The fraction of sp³-hybridized carbons (Fsp3) is 0.833. The molecule has 0 radical (unpaired) electrons. The molecular formula is C12H20N2O3. The summed E-state index contributed by atoms with van der Waals surface area (Å²) in [5.41, 5.74) is 2.39. The monoisotopic (exact) mass is 240 g/mol. The molecule has 0 aromatic rings. The minimum Gasteiger partial charge on any atom is -0.339 e. The zero-order valence-electron chi connectivity index (χ0n) is 10.3. The lowest BCUT2D eigenvalue weighted by Gasteiger charge is -2.23. The van der Waals surface area contributed by atoms with Crippen molar-refractivity contribution in [2.24, 2.45) is 5.92 Å². The van der Waals surface area contributed by atoms with Crippen LogP contribution in [-0.2, 0) is 14.4 Å². The second-order valence-corrected chi connectivity index (χ2v) is 4.78. The van der Waals surface area contributed by atoms with Crippen molar-refractivity contribution in [3.63, 3.8) is 0 Å². The third kappa shape index (κ3) is 2.77. The molecule has 5 heteroatoms. The summed E-state index contributed by atoms with van der Waals surface area (Å²) in [6.07, 6.45) is 4.90. The van der Waals surface area contributed by atoms with Crippen LogP contribution in [0, 0.1) is 5.92 Å². The Bertz CT molecular complexity index is 300. The lowest BCUT2D eigenvalue weighted by molar-refractivity contribution is -0.137. The predicted molar refractivity (Wildman–Crippen MR) is 61.8 cm³/mol. The molecule has 0 aromatic carbocycles. The molecule has 0 spiro atoms. The fourth-order valence-electron chi connectivity index (χ4n) is 2.70. The van der Waals surface area contributed by atoms with Crippen LogP contribution in [0.1, 0.15) is 39.0 Å². The molecule has 0 bridgehead atoms. The van der Waals surface area contributed by atoms with Crippen LogP contribution in [-0.4, -0.2) is 35.9 Å². The molecule has 1 N–H and O–H groups in total. The third-order valence-electron chi connectivity index (χ3n) is 3.61. The normalized spacial score (nSPS) is 25.6. The molecule has 1 heterocycles. The first-order valence-corrected chi connectivity index (χ1v) is 6.43. The molecule has 2 amide bonds. The molecule has 1 aliphatic carbocycles. The van der Waals surface area contributed by atoms with E-state index in [-0.39, 0.29) is 17.7 Å². The first kappa shape index (κ1) is 12.4. The largest absolute Gasteiger partial charge is 0.339 e. The summed E-state index contributed by atoms with van der Waals surface area (Å²) < 4.78 is 0. The second kappa shape index (κ2) is 5.49. The number of hydrogen-bond donors (Lipinski definition) is 1. The first-order chi connectivity index (χ1) is 8.22. The van der Waals surface area contributed by atoms with E-state index in [2.05, 4.69) is 5.48 Å². The zero-order valence-corrected chi connectivity index (χ0v) is 10.3. The second-order valence-electron chi connectivity index (χ2n) is 4.78. The van der Waals surface area contributed by atoms with Crippen molar-refractivity contribution in [1.82, 2.24) is 10.4 Å². The first-order valence-electron chi connectivity index (χ1n) is 6.43. The van der Waals surface area contributed by atoms with E-state index >= 15 is 0 Å². The highest BCUT2D eigenvalue weighted by Gasteiger charge is 2.38. The van der Waals surface area contributed by atoms with Crippen molar-refractivity contribution >= 4 is 11.8 Å². The van der Waals surface area contributed by atoms with E-state index in [9.17, 15) is 9.59 Å². The van der Waals surface area contributed by atoms with Crippen LogP contribution in [0.5, 0.6) is 0 Å². The topological polar surface area (TPSA) is 58.6 Å². The smallest absolute Gasteiger partial charge is 0.248 e. The molecule has 0 aromatic heterocycles. The number of likely N-dealkylation sites (tertiary alicyclic amines) is 1. The van der Waals surface area contributed by atoms with E-state index in [1.807, 2.05) is 11.8 Å². The quantitative estimate of drug-likeness (QED) is 0.741. The number of rotatable bonds is 4. The standard InChI is InChI=1S/C12H20N2O3/c1-2-17-13-12(16)9-7-11(15)14(8-9)10-5-3-4-6-10/h9-10H,2-8H2,1H3,(H,13,16). The number of hydrogen-bond acceptors (Lipinski definition) is 3. The number of amides is 2. The molecular weight excluding hydrogens is 220 g/mol. The Balaban J connectivity index is 1.87. The summed E-state index contributed by atoms with van der Waals surface area (Å²) in [4.78, 5) is 30.3. The highest BCUT2D eigenvalue weighted by molar-refractivity contribution is 5.89. The van der Waals surface area contributed by atoms with E-state index in [4.69, 9.17) is 4.84 Å². The lowest BCUT2D eigenvalue weighted by atomic mass is 10.1. The summed E-state index contributed by atoms with van der Waals surface area (Å²) in [5, 5.41) is 0. The number of nitrogens with one attached hydrogen (secondary N) is 1. The Morgan fingerprint density at radius 1 is 1.47 bits per heavy atom. The highest BCUT2D eigenvalue weighted by Crippen LogP contribution is 2.29. The minimum absolute atomic E-state index is 0.119. The van der Waals surface area contributed by atoms with E-state index in [1.54, 1.807) is 0 Å². The van der Waals surface area contributed by atoms with Gasteiger partial charge in [-0.25, -0.2) is 5.48 Å². The zero-order chi connectivity index (χ0) is 12.3. The van der Waals surface area contributed by atoms with Crippen molar-refractivity contribution in [1.29, 1.82) is 0 Å². The third-order valence-corrected chi connectivity index (χ3v) is 3.61. The van der Waals surface area contributed by atoms with Gasteiger partial charge in [-0.15, -0.1) is 0 Å². The summed E-state index contributed by atoms with van der Waals surface area (Å²) in [6, 6.07) is 0.368. The summed E-state index contributed by atoms with van der Waals surface area (Å²) in [7, 11) is 0. The van der Waals surface area contributed by atoms with E-state index < -0.39 is 0 Å². The summed E-state index contributed by atoms with van der Waals surface area (Å²) in [5.74, 6) is -0.288. The predicted octanol–water partition coefficient (Wildman–Crippen LogP) is 0.845. The van der Waals surface area contributed by atoms with E-state index in [1.165, 1.54) is 12.8 Å². The van der Waals surface area contributed by atoms with Gasteiger partial charge in [0.25, 0.3) is 0 Å².